The summed E-state index contributed by atoms with van der Waals surface area (Å²) in [5.74, 6) is 0.848. The molecule has 2 atom stereocenters. The first-order chi connectivity index (χ1) is 11.6. The van der Waals surface area contributed by atoms with Gasteiger partial charge in [0, 0.05) is 38.8 Å². The molecule has 2 fully saturated rings. The molecule has 3 rings (SSSR count). The monoisotopic (exact) mass is 348 g/mol. The van der Waals surface area contributed by atoms with Gasteiger partial charge in [-0.2, -0.15) is 11.3 Å². The molecule has 1 aromatic rings. The highest BCUT2D eigenvalue weighted by Gasteiger charge is 2.27. The Morgan fingerprint density at radius 3 is 2.62 bits per heavy atom. The van der Waals surface area contributed by atoms with E-state index in [1.807, 2.05) is 22.4 Å². The van der Waals surface area contributed by atoms with Gasteiger partial charge in [-0.3, -0.25) is 9.69 Å². The van der Waals surface area contributed by atoms with Crippen LogP contribution in [0.4, 0.5) is 0 Å². The molecule has 5 heteroatoms. The van der Waals surface area contributed by atoms with Crippen LogP contribution < -0.4 is 0 Å². The van der Waals surface area contributed by atoms with Gasteiger partial charge in [0.1, 0.15) is 0 Å². The van der Waals surface area contributed by atoms with Crippen LogP contribution in [-0.4, -0.2) is 60.6 Å². The van der Waals surface area contributed by atoms with Crippen molar-refractivity contribution in [2.24, 2.45) is 5.92 Å². The molecule has 3 heterocycles. The number of thiophene rings is 1. The smallest absolute Gasteiger partial charge is 0.246 e. The van der Waals surface area contributed by atoms with Crippen LogP contribution in [0.2, 0.25) is 0 Å². The molecule has 0 unspecified atom stereocenters. The molecule has 0 radical (unpaired) electrons. The van der Waals surface area contributed by atoms with E-state index in [1.165, 1.54) is 0 Å². The lowest BCUT2D eigenvalue weighted by Gasteiger charge is -2.39. The molecule has 0 N–H and O–H groups in total. The number of carbonyl (C=O) groups is 1. The zero-order valence-electron chi connectivity index (χ0n) is 14.7. The van der Waals surface area contributed by atoms with Crippen LogP contribution in [-0.2, 0) is 9.53 Å². The fourth-order valence-electron chi connectivity index (χ4n) is 3.78. The summed E-state index contributed by atoms with van der Waals surface area (Å²) >= 11 is 1.65. The van der Waals surface area contributed by atoms with Crippen molar-refractivity contribution < 1.29 is 9.53 Å². The van der Waals surface area contributed by atoms with Crippen molar-refractivity contribution in [1.82, 2.24) is 9.80 Å². The maximum Gasteiger partial charge on any atom is 0.246 e. The van der Waals surface area contributed by atoms with Crippen molar-refractivity contribution >= 4 is 23.3 Å². The summed E-state index contributed by atoms with van der Waals surface area (Å²) in [5.41, 5.74) is 1.11. The van der Waals surface area contributed by atoms with Crippen LogP contribution in [0, 0.1) is 5.92 Å². The number of amides is 1. The molecular weight excluding hydrogens is 320 g/mol. The summed E-state index contributed by atoms with van der Waals surface area (Å²) in [4.78, 5) is 16.8. The number of rotatable bonds is 4. The molecule has 1 aromatic heterocycles. The van der Waals surface area contributed by atoms with Gasteiger partial charge in [-0.15, -0.1) is 0 Å². The summed E-state index contributed by atoms with van der Waals surface area (Å²) < 4.78 is 5.81. The van der Waals surface area contributed by atoms with Crippen LogP contribution in [0.5, 0.6) is 0 Å². The average molecular weight is 349 g/mol. The molecule has 4 nitrogen and oxygen atoms in total. The Labute approximate surface area is 149 Å². The number of ether oxygens (including phenoxy) is 1. The van der Waals surface area contributed by atoms with E-state index < -0.39 is 0 Å². The van der Waals surface area contributed by atoms with Gasteiger partial charge in [0.25, 0.3) is 0 Å². The number of morpholine rings is 1. The summed E-state index contributed by atoms with van der Waals surface area (Å²) in [6, 6.07) is 2.03. The molecule has 2 saturated heterocycles. The van der Waals surface area contributed by atoms with E-state index in [9.17, 15) is 4.79 Å². The lowest BCUT2D eigenvalue weighted by atomic mass is 9.95. The Morgan fingerprint density at radius 1 is 1.29 bits per heavy atom. The fourth-order valence-corrected chi connectivity index (χ4v) is 4.41. The number of hydrogen-bond donors (Lipinski definition) is 0. The molecule has 0 aromatic carbocycles. The van der Waals surface area contributed by atoms with Gasteiger partial charge >= 0.3 is 0 Å². The largest absolute Gasteiger partial charge is 0.373 e. The van der Waals surface area contributed by atoms with Crippen molar-refractivity contribution in [2.75, 3.05) is 32.7 Å². The van der Waals surface area contributed by atoms with Gasteiger partial charge < -0.3 is 9.64 Å². The van der Waals surface area contributed by atoms with Crippen LogP contribution in [0.3, 0.4) is 0 Å². The first kappa shape index (κ1) is 17.6. The summed E-state index contributed by atoms with van der Waals surface area (Å²) in [5, 5.41) is 4.09. The Bertz CT molecular complexity index is 540. The van der Waals surface area contributed by atoms with Crippen LogP contribution >= 0.6 is 11.3 Å². The highest BCUT2D eigenvalue weighted by atomic mass is 32.1. The number of likely N-dealkylation sites (tertiary alicyclic amines) is 1. The van der Waals surface area contributed by atoms with Gasteiger partial charge in [0.2, 0.25) is 5.91 Å². The minimum atomic E-state index is 0.147. The van der Waals surface area contributed by atoms with Gasteiger partial charge in [-0.1, -0.05) is 0 Å². The third-order valence-electron chi connectivity index (χ3n) is 4.90. The first-order valence-electron chi connectivity index (χ1n) is 8.97. The fraction of sp³-hybridized carbons (Fsp3) is 0.632. The SMILES string of the molecule is C[C@@H]1CN(CC2CCN(C(=O)/C=C\c3ccsc3)CC2)C[C@H](C)O1. The van der Waals surface area contributed by atoms with E-state index in [2.05, 4.69) is 24.1 Å². The molecule has 132 valence electrons. The van der Waals surface area contributed by atoms with Crippen molar-refractivity contribution in [1.29, 1.82) is 0 Å². The third-order valence-corrected chi connectivity index (χ3v) is 5.60. The van der Waals surface area contributed by atoms with Gasteiger partial charge in [-0.25, -0.2) is 0 Å². The molecule has 0 bridgehead atoms. The predicted molar refractivity (Wildman–Crippen MR) is 99.1 cm³/mol. The average Bonchev–Trinajstić information content (AvgIpc) is 3.06. The van der Waals surface area contributed by atoms with E-state index in [-0.39, 0.29) is 5.91 Å². The van der Waals surface area contributed by atoms with Crippen molar-refractivity contribution in [3.63, 3.8) is 0 Å². The zero-order chi connectivity index (χ0) is 16.9. The van der Waals surface area contributed by atoms with E-state index in [4.69, 9.17) is 4.74 Å². The maximum atomic E-state index is 12.3. The third kappa shape index (κ3) is 4.91. The molecule has 0 saturated carbocycles. The standard InChI is InChI=1S/C19H28N2O2S/c1-15-11-20(12-16(2)23-15)13-17-5-8-21(9-6-17)19(22)4-3-18-7-10-24-14-18/h3-4,7,10,14-17H,5-6,8-9,11-13H2,1-2H3/b4-3-/t15-,16+. The minimum Gasteiger partial charge on any atom is -0.373 e. The van der Waals surface area contributed by atoms with Crippen LogP contribution in [0.1, 0.15) is 32.3 Å². The van der Waals surface area contributed by atoms with E-state index in [1.54, 1.807) is 17.4 Å². The topological polar surface area (TPSA) is 32.8 Å². The molecular formula is C19H28N2O2S. The zero-order valence-corrected chi connectivity index (χ0v) is 15.5. The van der Waals surface area contributed by atoms with Crippen LogP contribution in [0.25, 0.3) is 6.08 Å². The highest BCUT2D eigenvalue weighted by Crippen LogP contribution is 2.21. The van der Waals surface area contributed by atoms with Crippen LogP contribution in [0.15, 0.2) is 22.9 Å². The maximum absolute atomic E-state index is 12.3. The van der Waals surface area contributed by atoms with E-state index in [0.717, 1.165) is 51.1 Å². The Morgan fingerprint density at radius 2 is 2.00 bits per heavy atom. The number of nitrogens with zero attached hydrogens (tertiary/aromatic N) is 2. The molecule has 0 aliphatic carbocycles. The highest BCUT2D eigenvalue weighted by molar-refractivity contribution is 7.08. The van der Waals surface area contributed by atoms with Gasteiger partial charge in [-0.05, 0) is 61.1 Å². The Kier molecular flexibility index (Phi) is 6.09. The second-order valence-corrected chi connectivity index (χ2v) is 7.91. The first-order valence-corrected chi connectivity index (χ1v) is 9.91. The lowest BCUT2D eigenvalue weighted by Crippen LogP contribution is -2.48. The number of hydrogen-bond acceptors (Lipinski definition) is 4. The van der Waals surface area contributed by atoms with Gasteiger partial charge in [0.15, 0.2) is 0 Å². The quantitative estimate of drug-likeness (QED) is 0.784. The summed E-state index contributed by atoms with van der Waals surface area (Å²) in [6.07, 6.45) is 6.51. The molecule has 1 amide bonds. The summed E-state index contributed by atoms with van der Waals surface area (Å²) in [7, 11) is 0. The molecule has 0 spiro atoms. The molecule has 2 aliphatic rings. The minimum absolute atomic E-state index is 0.147. The molecule has 2 aliphatic heterocycles. The number of carbonyl (C=O) groups excluding carboxylic acids is 1. The van der Waals surface area contributed by atoms with Gasteiger partial charge in [0.05, 0.1) is 12.2 Å². The second kappa shape index (κ2) is 8.28. The van der Waals surface area contributed by atoms with E-state index >= 15 is 0 Å². The lowest BCUT2D eigenvalue weighted by molar-refractivity contribution is -0.127. The van der Waals surface area contributed by atoms with Crippen molar-refractivity contribution in [2.45, 2.75) is 38.9 Å². The second-order valence-electron chi connectivity index (χ2n) is 7.13. The Hall–Kier alpha value is -1.17. The van der Waals surface area contributed by atoms with Crippen molar-refractivity contribution in [3.8, 4) is 0 Å². The van der Waals surface area contributed by atoms with Crippen molar-refractivity contribution in [3.05, 3.63) is 28.5 Å². The molecule has 24 heavy (non-hydrogen) atoms. The summed E-state index contributed by atoms with van der Waals surface area (Å²) in [6.45, 7) is 9.29. The normalized spacial score (nSPS) is 27.0. The Balaban J connectivity index is 1.43. The number of piperidine rings is 1. The van der Waals surface area contributed by atoms with E-state index in [0.29, 0.717) is 18.1 Å². The predicted octanol–water partition coefficient (Wildman–Crippen LogP) is 3.11.